The number of rotatable bonds is 1. The van der Waals surface area contributed by atoms with Gasteiger partial charge in [0.15, 0.2) is 0 Å². The van der Waals surface area contributed by atoms with Crippen LogP contribution in [0.4, 0.5) is 4.39 Å². The van der Waals surface area contributed by atoms with Crippen LogP contribution < -0.4 is 0 Å². The first kappa shape index (κ1) is 5.69. The molecular weight excluding hydrogens is 110 g/mol. The monoisotopic (exact) mass is 112 g/mol. The third-order valence-corrected chi connectivity index (χ3v) is 0.373. The SMILES string of the molecule is O=C(O)C(F)Cl. The first-order chi connectivity index (χ1) is 2.64. The molecule has 0 aromatic rings. The minimum atomic E-state index is -2.26. The van der Waals surface area contributed by atoms with E-state index in [0.29, 0.717) is 0 Å². The molecule has 0 aliphatic carbocycles. The molecule has 0 aromatic heterocycles. The molecule has 1 atom stereocenters. The largest absolute Gasteiger partial charge is 0.478 e. The fraction of sp³-hybridized carbons (Fsp3) is 0.500. The van der Waals surface area contributed by atoms with Gasteiger partial charge in [0, 0.05) is 0 Å². The van der Waals surface area contributed by atoms with E-state index in [0.717, 1.165) is 0 Å². The molecule has 0 aliphatic rings. The summed E-state index contributed by atoms with van der Waals surface area (Å²) in [6.07, 6.45) is 0. The van der Waals surface area contributed by atoms with Gasteiger partial charge in [-0.25, -0.2) is 9.18 Å². The van der Waals surface area contributed by atoms with E-state index < -0.39 is 11.6 Å². The summed E-state index contributed by atoms with van der Waals surface area (Å²) in [6.45, 7) is 0. The van der Waals surface area contributed by atoms with Crippen molar-refractivity contribution in [1.29, 1.82) is 0 Å². The van der Waals surface area contributed by atoms with Gasteiger partial charge in [0.2, 0.25) is 0 Å². The van der Waals surface area contributed by atoms with Crippen molar-refractivity contribution in [2.24, 2.45) is 0 Å². The van der Waals surface area contributed by atoms with Gasteiger partial charge in [0.1, 0.15) is 0 Å². The van der Waals surface area contributed by atoms with Gasteiger partial charge < -0.3 is 5.11 Å². The van der Waals surface area contributed by atoms with Crippen LogP contribution in [0.5, 0.6) is 0 Å². The lowest BCUT2D eigenvalue weighted by Crippen LogP contribution is -2.05. The lowest BCUT2D eigenvalue weighted by Gasteiger charge is -1.82. The van der Waals surface area contributed by atoms with Gasteiger partial charge in [0.25, 0.3) is 5.63 Å². The number of halogens is 2. The fourth-order valence-corrected chi connectivity index (χ4v) is 0. The Hall–Kier alpha value is -0.310. The zero-order chi connectivity index (χ0) is 5.15. The Labute approximate surface area is 38.5 Å². The van der Waals surface area contributed by atoms with Crippen LogP contribution in [0.25, 0.3) is 0 Å². The Morgan fingerprint density at radius 2 is 2.17 bits per heavy atom. The number of hydrogen-bond acceptors (Lipinski definition) is 1. The average molecular weight is 112 g/mol. The quantitative estimate of drug-likeness (QED) is 0.505. The summed E-state index contributed by atoms with van der Waals surface area (Å²) in [7, 11) is 0. The number of carboxylic acid groups (broad SMARTS) is 1. The Morgan fingerprint density at radius 3 is 2.17 bits per heavy atom. The van der Waals surface area contributed by atoms with Gasteiger partial charge in [0.05, 0.1) is 0 Å². The van der Waals surface area contributed by atoms with Gasteiger partial charge in [-0.05, 0) is 0 Å². The summed E-state index contributed by atoms with van der Waals surface area (Å²) in [5.74, 6) is -1.64. The van der Waals surface area contributed by atoms with Gasteiger partial charge >= 0.3 is 5.97 Å². The molecule has 0 fully saturated rings. The van der Waals surface area contributed by atoms with Crippen LogP contribution in [-0.2, 0) is 4.79 Å². The van der Waals surface area contributed by atoms with E-state index >= 15 is 0 Å². The summed E-state index contributed by atoms with van der Waals surface area (Å²) in [5.41, 5.74) is -2.26. The summed E-state index contributed by atoms with van der Waals surface area (Å²) in [5, 5.41) is 7.48. The van der Waals surface area contributed by atoms with Crippen molar-refractivity contribution in [2.45, 2.75) is 5.63 Å². The van der Waals surface area contributed by atoms with Gasteiger partial charge in [-0.15, -0.1) is 0 Å². The highest BCUT2D eigenvalue weighted by Crippen LogP contribution is 1.93. The Kier molecular flexibility index (Phi) is 1.87. The Bertz CT molecular complexity index is 62.6. The topological polar surface area (TPSA) is 37.3 Å². The Morgan fingerprint density at radius 1 is 2.00 bits per heavy atom. The van der Waals surface area contributed by atoms with Crippen molar-refractivity contribution >= 4 is 17.6 Å². The normalized spacial score (nSPS) is 13.7. The van der Waals surface area contributed by atoms with E-state index in [2.05, 4.69) is 11.6 Å². The predicted octanol–water partition coefficient (Wildman–Crippen LogP) is 0.605. The van der Waals surface area contributed by atoms with Crippen molar-refractivity contribution < 1.29 is 14.3 Å². The van der Waals surface area contributed by atoms with Crippen LogP contribution >= 0.6 is 11.6 Å². The Balaban J connectivity index is 3.26. The highest BCUT2D eigenvalue weighted by molar-refractivity contribution is 6.28. The highest BCUT2D eigenvalue weighted by Gasteiger charge is 2.07. The second-order valence-electron chi connectivity index (χ2n) is 0.639. The molecule has 0 saturated heterocycles. The third kappa shape index (κ3) is 1.96. The van der Waals surface area contributed by atoms with E-state index in [4.69, 9.17) is 5.11 Å². The third-order valence-electron chi connectivity index (χ3n) is 0.187. The van der Waals surface area contributed by atoms with E-state index in [1.165, 1.54) is 0 Å². The molecule has 2 nitrogen and oxygen atoms in total. The average Bonchev–Trinajstić information content (AvgIpc) is 1.36. The number of aliphatic carboxylic acids is 1. The number of carboxylic acids is 1. The van der Waals surface area contributed by atoms with E-state index in [1.807, 2.05) is 0 Å². The minimum absolute atomic E-state index is 1.64. The van der Waals surface area contributed by atoms with Crippen LogP contribution in [0, 0.1) is 0 Å². The summed E-state index contributed by atoms with van der Waals surface area (Å²) >= 11 is 4.35. The van der Waals surface area contributed by atoms with Crippen LogP contribution in [0.3, 0.4) is 0 Å². The summed E-state index contributed by atoms with van der Waals surface area (Å²) in [4.78, 5) is 9.19. The first-order valence-corrected chi connectivity index (χ1v) is 1.59. The van der Waals surface area contributed by atoms with Gasteiger partial charge in [-0.1, -0.05) is 11.6 Å². The van der Waals surface area contributed by atoms with Gasteiger partial charge in [-0.2, -0.15) is 0 Å². The van der Waals surface area contributed by atoms with Crippen LogP contribution in [0.1, 0.15) is 0 Å². The van der Waals surface area contributed by atoms with E-state index in [1.54, 1.807) is 0 Å². The molecule has 36 valence electrons. The molecule has 0 spiro atoms. The van der Waals surface area contributed by atoms with Crippen LogP contribution in [0.2, 0.25) is 0 Å². The minimum Gasteiger partial charge on any atom is -0.478 e. The van der Waals surface area contributed by atoms with Gasteiger partial charge in [-0.3, -0.25) is 0 Å². The summed E-state index contributed by atoms with van der Waals surface area (Å²) in [6, 6.07) is 0. The van der Waals surface area contributed by atoms with E-state index in [9.17, 15) is 9.18 Å². The van der Waals surface area contributed by atoms with E-state index in [-0.39, 0.29) is 0 Å². The molecule has 0 bridgehead atoms. The standard InChI is InChI=1S/C2H2ClFO2/c3-1(4)2(5)6/h1H,(H,5,6). The predicted molar refractivity (Wildman–Crippen MR) is 18.4 cm³/mol. The number of carbonyl (C=O) groups is 1. The molecule has 0 rings (SSSR count). The molecule has 4 heteroatoms. The summed E-state index contributed by atoms with van der Waals surface area (Å²) < 4.78 is 11.0. The molecule has 0 aliphatic heterocycles. The molecule has 1 unspecified atom stereocenters. The molecule has 0 heterocycles. The van der Waals surface area contributed by atoms with Crippen molar-refractivity contribution in [1.82, 2.24) is 0 Å². The molecule has 0 radical (unpaired) electrons. The second kappa shape index (κ2) is 1.97. The number of hydrogen-bond donors (Lipinski definition) is 1. The number of alkyl halides is 2. The zero-order valence-corrected chi connectivity index (χ0v) is 3.44. The molecule has 1 N–H and O–H groups in total. The van der Waals surface area contributed by atoms with Crippen molar-refractivity contribution in [3.63, 3.8) is 0 Å². The van der Waals surface area contributed by atoms with Crippen LogP contribution in [-0.4, -0.2) is 16.7 Å². The second-order valence-corrected chi connectivity index (χ2v) is 1.02. The smallest absolute Gasteiger partial charge is 0.354 e. The maximum atomic E-state index is 11.0. The molecule has 0 saturated carbocycles. The van der Waals surface area contributed by atoms with Crippen molar-refractivity contribution in [2.75, 3.05) is 0 Å². The lowest BCUT2D eigenvalue weighted by atomic mass is 10.8. The highest BCUT2D eigenvalue weighted by atomic mass is 35.5. The molecule has 6 heavy (non-hydrogen) atoms. The fourth-order valence-electron chi connectivity index (χ4n) is 0. The maximum absolute atomic E-state index is 11.0. The lowest BCUT2D eigenvalue weighted by molar-refractivity contribution is -0.139. The molecular formula is C2H2ClFO2. The molecule has 0 amide bonds. The maximum Gasteiger partial charge on any atom is 0.354 e. The molecule has 0 aromatic carbocycles. The first-order valence-electron chi connectivity index (χ1n) is 1.15. The van der Waals surface area contributed by atoms with Crippen LogP contribution in [0.15, 0.2) is 0 Å². The zero-order valence-electron chi connectivity index (χ0n) is 2.69. The van der Waals surface area contributed by atoms with Crippen molar-refractivity contribution in [3.05, 3.63) is 0 Å². The van der Waals surface area contributed by atoms with Crippen molar-refractivity contribution in [3.8, 4) is 0 Å².